The van der Waals surface area contributed by atoms with Gasteiger partial charge in [-0.05, 0) is 84.0 Å². The smallest absolute Gasteiger partial charge is 0.276 e. The van der Waals surface area contributed by atoms with E-state index in [1.165, 1.54) is 0 Å². The zero-order valence-corrected chi connectivity index (χ0v) is 18.6. The van der Waals surface area contributed by atoms with Crippen molar-refractivity contribution in [1.82, 2.24) is 16.2 Å². The molecular weight excluding hydrogens is 493 g/mol. The highest BCUT2D eigenvalue weighted by molar-refractivity contribution is 14.1. The van der Waals surface area contributed by atoms with Gasteiger partial charge in [0.2, 0.25) is 0 Å². The van der Waals surface area contributed by atoms with Crippen LogP contribution in [0.15, 0.2) is 36.4 Å². The summed E-state index contributed by atoms with van der Waals surface area (Å²) in [6.45, 7) is 3.70. The van der Waals surface area contributed by atoms with Gasteiger partial charge in [-0.15, -0.1) is 0 Å². The largest absolute Gasteiger partial charge is 0.496 e. The summed E-state index contributed by atoms with van der Waals surface area (Å²) in [4.78, 5) is 24.1. The van der Waals surface area contributed by atoms with Gasteiger partial charge in [0.15, 0.2) is 11.7 Å². The van der Waals surface area contributed by atoms with Crippen molar-refractivity contribution >= 4 is 51.7 Å². The topological polar surface area (TPSA) is 88.7 Å². The number of methoxy groups -OCH3 is 1. The minimum atomic E-state index is -0.434. The summed E-state index contributed by atoms with van der Waals surface area (Å²) in [5.41, 5.74) is 7.32. The number of hydrogen-bond acceptors (Lipinski definition) is 5. The highest BCUT2D eigenvalue weighted by Gasteiger charge is 2.11. The normalized spacial score (nSPS) is 10.0. The van der Waals surface area contributed by atoms with Crippen molar-refractivity contribution in [3.05, 3.63) is 56.7 Å². The monoisotopic (exact) mass is 513 g/mol. The van der Waals surface area contributed by atoms with E-state index in [4.69, 9.17) is 21.7 Å². The summed E-state index contributed by atoms with van der Waals surface area (Å²) >= 11 is 7.09. The molecule has 9 heteroatoms. The van der Waals surface area contributed by atoms with Crippen LogP contribution in [0.4, 0.5) is 0 Å². The van der Waals surface area contributed by atoms with Crippen molar-refractivity contribution in [2.45, 2.75) is 13.8 Å². The molecule has 3 N–H and O–H groups in total. The Morgan fingerprint density at radius 2 is 1.86 bits per heavy atom. The average molecular weight is 513 g/mol. The Bertz CT molecular complexity index is 905. The van der Waals surface area contributed by atoms with E-state index in [2.05, 4.69) is 38.8 Å². The van der Waals surface area contributed by atoms with Crippen LogP contribution in [0, 0.1) is 17.4 Å². The molecule has 0 aliphatic carbocycles. The van der Waals surface area contributed by atoms with Gasteiger partial charge in [0, 0.05) is 5.56 Å². The van der Waals surface area contributed by atoms with Crippen LogP contribution in [0.5, 0.6) is 11.5 Å². The molecule has 0 fully saturated rings. The molecule has 0 saturated heterocycles. The molecule has 0 aliphatic rings. The molecule has 0 aromatic heterocycles. The molecule has 0 aliphatic heterocycles. The molecule has 0 radical (unpaired) electrons. The Morgan fingerprint density at radius 1 is 1.11 bits per heavy atom. The number of hydrazine groups is 1. The van der Waals surface area contributed by atoms with Crippen molar-refractivity contribution in [3.63, 3.8) is 0 Å². The summed E-state index contributed by atoms with van der Waals surface area (Å²) in [6.07, 6.45) is 0. The molecule has 2 rings (SSSR count). The molecule has 0 spiro atoms. The zero-order valence-electron chi connectivity index (χ0n) is 15.6. The summed E-state index contributed by atoms with van der Waals surface area (Å²) in [5.74, 6) is 0.476. The molecular formula is C19H20IN3O4S. The molecule has 148 valence electrons. The number of halogens is 1. The number of nitrogens with one attached hydrogen (secondary N) is 3. The van der Waals surface area contributed by atoms with Gasteiger partial charge in [0.1, 0.15) is 11.5 Å². The highest BCUT2D eigenvalue weighted by atomic mass is 127. The van der Waals surface area contributed by atoms with Crippen LogP contribution >= 0.6 is 34.8 Å². The van der Waals surface area contributed by atoms with Crippen molar-refractivity contribution < 1.29 is 19.1 Å². The molecule has 0 bridgehead atoms. The second kappa shape index (κ2) is 10.2. The number of amides is 2. The number of carbonyl (C=O) groups is 2. The third-order valence-corrected chi connectivity index (χ3v) is 4.92. The second-order valence-corrected chi connectivity index (χ2v) is 7.36. The Labute approximate surface area is 182 Å². The number of carbonyl (C=O) groups excluding carboxylic acids is 2. The summed E-state index contributed by atoms with van der Waals surface area (Å²) in [5, 5.41) is 2.46. The predicted molar refractivity (Wildman–Crippen MR) is 118 cm³/mol. The summed E-state index contributed by atoms with van der Waals surface area (Å²) in [7, 11) is 1.56. The first-order chi connectivity index (χ1) is 13.3. The van der Waals surface area contributed by atoms with Crippen LogP contribution in [0.2, 0.25) is 0 Å². The van der Waals surface area contributed by atoms with Crippen LogP contribution in [0.3, 0.4) is 0 Å². The second-order valence-electron chi connectivity index (χ2n) is 5.79. The molecule has 0 unspecified atom stereocenters. The lowest BCUT2D eigenvalue weighted by Gasteiger charge is -2.13. The number of hydrogen-bond donors (Lipinski definition) is 3. The van der Waals surface area contributed by atoms with Crippen molar-refractivity contribution in [1.29, 1.82) is 0 Å². The van der Waals surface area contributed by atoms with Crippen molar-refractivity contribution in [2.24, 2.45) is 0 Å². The first-order valence-corrected chi connectivity index (χ1v) is 9.73. The fraction of sp³-hybridized carbons (Fsp3) is 0.211. The molecule has 0 saturated carbocycles. The Balaban J connectivity index is 1.80. The maximum Gasteiger partial charge on any atom is 0.276 e. The van der Waals surface area contributed by atoms with Crippen LogP contribution in [0.1, 0.15) is 21.5 Å². The predicted octanol–water partition coefficient (Wildman–Crippen LogP) is 2.63. The van der Waals surface area contributed by atoms with E-state index in [9.17, 15) is 9.59 Å². The molecule has 0 heterocycles. The van der Waals surface area contributed by atoms with E-state index in [1.807, 2.05) is 26.0 Å². The van der Waals surface area contributed by atoms with Gasteiger partial charge in [0.25, 0.3) is 11.8 Å². The summed E-state index contributed by atoms with van der Waals surface area (Å²) < 4.78 is 11.5. The fourth-order valence-electron chi connectivity index (χ4n) is 2.20. The van der Waals surface area contributed by atoms with Crippen LogP contribution in [-0.4, -0.2) is 30.6 Å². The van der Waals surface area contributed by atoms with Gasteiger partial charge >= 0.3 is 0 Å². The molecule has 0 atom stereocenters. The zero-order chi connectivity index (χ0) is 20.7. The van der Waals surface area contributed by atoms with Gasteiger partial charge in [0.05, 0.1) is 10.7 Å². The summed E-state index contributed by atoms with van der Waals surface area (Å²) in [6, 6.07) is 10.6. The first-order valence-electron chi connectivity index (χ1n) is 8.24. The first kappa shape index (κ1) is 21.9. The molecule has 7 nitrogen and oxygen atoms in total. The Kier molecular flexibility index (Phi) is 8.00. The highest BCUT2D eigenvalue weighted by Crippen LogP contribution is 2.21. The van der Waals surface area contributed by atoms with Crippen molar-refractivity contribution in [2.75, 3.05) is 13.7 Å². The number of thiocarbonyl (C=S) groups is 1. The van der Waals surface area contributed by atoms with Gasteiger partial charge in [-0.1, -0.05) is 12.1 Å². The number of ether oxygens (including phenoxy) is 2. The lowest BCUT2D eigenvalue weighted by molar-refractivity contribution is -0.123. The Morgan fingerprint density at radius 3 is 2.54 bits per heavy atom. The van der Waals surface area contributed by atoms with Crippen LogP contribution in [0.25, 0.3) is 0 Å². The number of benzene rings is 2. The number of rotatable bonds is 5. The maximum absolute atomic E-state index is 12.2. The van der Waals surface area contributed by atoms with Gasteiger partial charge in [-0.2, -0.15) is 0 Å². The lowest BCUT2D eigenvalue weighted by Crippen LogP contribution is -2.49. The van der Waals surface area contributed by atoms with Crippen molar-refractivity contribution in [3.8, 4) is 11.5 Å². The van der Waals surface area contributed by atoms with Crippen LogP contribution in [-0.2, 0) is 4.79 Å². The van der Waals surface area contributed by atoms with E-state index in [1.54, 1.807) is 31.4 Å². The lowest BCUT2D eigenvalue weighted by atomic mass is 10.1. The molecule has 2 aromatic carbocycles. The van der Waals surface area contributed by atoms with E-state index in [0.29, 0.717) is 17.1 Å². The Hall–Kier alpha value is -2.40. The van der Waals surface area contributed by atoms with E-state index >= 15 is 0 Å². The maximum atomic E-state index is 12.2. The minimum Gasteiger partial charge on any atom is -0.496 e. The standard InChI is InChI=1S/C19H20IN3O4S/c1-11-5-4-6-15(12(11)2)27-10-17(24)22-23-19(28)21-18(25)13-7-8-16(26-3)14(20)9-13/h4-9H,10H2,1-3H3,(H,22,24)(H2,21,23,25,28). The van der Waals surface area contributed by atoms with Crippen LogP contribution < -0.4 is 25.6 Å². The molecule has 28 heavy (non-hydrogen) atoms. The van der Waals surface area contributed by atoms with E-state index in [0.717, 1.165) is 14.7 Å². The van der Waals surface area contributed by atoms with Gasteiger partial charge < -0.3 is 9.47 Å². The number of aryl methyl sites for hydroxylation is 1. The minimum absolute atomic E-state index is 0.0316. The fourth-order valence-corrected chi connectivity index (χ4v) is 3.08. The molecule has 2 aromatic rings. The van der Waals surface area contributed by atoms with E-state index in [-0.39, 0.29) is 11.7 Å². The third-order valence-electron chi connectivity index (χ3n) is 3.87. The van der Waals surface area contributed by atoms with E-state index < -0.39 is 11.8 Å². The van der Waals surface area contributed by atoms with Gasteiger partial charge in [-0.25, -0.2) is 0 Å². The molecule has 2 amide bonds. The quantitative estimate of drug-likeness (QED) is 0.324. The average Bonchev–Trinajstić information content (AvgIpc) is 2.67. The SMILES string of the molecule is COc1ccc(C(=O)NC(=S)NNC(=O)COc2cccc(C)c2C)cc1I. The van der Waals surface area contributed by atoms with Gasteiger partial charge in [-0.3, -0.25) is 25.8 Å². The third kappa shape index (κ3) is 6.06.